The van der Waals surface area contributed by atoms with Crippen LogP contribution in [0.1, 0.15) is 6.42 Å². The number of nitrogens with one attached hydrogen (secondary N) is 1. The van der Waals surface area contributed by atoms with E-state index in [2.05, 4.69) is 10.1 Å². The largest absolute Gasteiger partial charge is 0.449 e. The molecule has 0 amide bonds. The van der Waals surface area contributed by atoms with Crippen LogP contribution in [0.4, 0.5) is 0 Å². The molecule has 0 spiro atoms. The van der Waals surface area contributed by atoms with Gasteiger partial charge in [-0.3, -0.25) is 10.1 Å². The smallest absolute Gasteiger partial charge is 0.294 e. The Bertz CT molecular complexity index is 70.1. The summed E-state index contributed by atoms with van der Waals surface area (Å²) < 4.78 is 4.49. The summed E-state index contributed by atoms with van der Waals surface area (Å²) in [5, 5.41) is 2.89. The molecule has 3 nitrogen and oxygen atoms in total. The summed E-state index contributed by atoms with van der Waals surface area (Å²) in [6, 6.07) is 0. The first-order chi connectivity index (χ1) is 3.43. The van der Waals surface area contributed by atoms with Gasteiger partial charge in [-0.1, -0.05) is 0 Å². The molecule has 1 heterocycles. The van der Waals surface area contributed by atoms with E-state index in [9.17, 15) is 4.79 Å². The van der Waals surface area contributed by atoms with Crippen LogP contribution in [0, 0.1) is 0 Å². The highest BCUT2D eigenvalue weighted by Crippen LogP contribution is 1.99. The van der Waals surface area contributed by atoms with Crippen LogP contribution in [0.2, 0.25) is 0 Å². The first-order valence-electron chi connectivity index (χ1n) is 2.26. The third-order valence-electron chi connectivity index (χ3n) is 0.998. The van der Waals surface area contributed by atoms with E-state index in [1.165, 1.54) is 0 Å². The molecule has 1 rings (SSSR count). The second-order valence-corrected chi connectivity index (χ2v) is 1.46. The summed E-state index contributed by atoms with van der Waals surface area (Å²) in [5.41, 5.74) is 0. The molecule has 40 valence electrons. The van der Waals surface area contributed by atoms with E-state index in [4.69, 9.17) is 0 Å². The van der Waals surface area contributed by atoms with Crippen LogP contribution in [-0.2, 0) is 9.53 Å². The van der Waals surface area contributed by atoms with Crippen molar-refractivity contribution in [2.24, 2.45) is 0 Å². The minimum Gasteiger partial charge on any atom is -0.449 e. The van der Waals surface area contributed by atoms with E-state index in [-0.39, 0.29) is 6.23 Å². The summed E-state index contributed by atoms with van der Waals surface area (Å²) in [5.74, 6) is 0. The normalized spacial score (nSPS) is 28.3. The Labute approximate surface area is 41.7 Å². The number of carbonyl (C=O) groups is 1. The fourth-order valence-corrected chi connectivity index (χ4v) is 0.445. The molecule has 1 aliphatic heterocycles. The Morgan fingerprint density at radius 1 is 1.86 bits per heavy atom. The van der Waals surface area contributed by atoms with Crippen LogP contribution in [0.15, 0.2) is 0 Å². The monoisotopic (exact) mass is 101 g/mol. The SMILES string of the molecule is O=COC1CCN1. The van der Waals surface area contributed by atoms with Gasteiger partial charge in [-0.05, 0) is 0 Å². The molecule has 0 aromatic heterocycles. The van der Waals surface area contributed by atoms with Crippen LogP contribution in [0.5, 0.6) is 0 Å². The van der Waals surface area contributed by atoms with E-state index >= 15 is 0 Å². The molecule has 0 aliphatic carbocycles. The van der Waals surface area contributed by atoms with Gasteiger partial charge < -0.3 is 4.74 Å². The van der Waals surface area contributed by atoms with Crippen molar-refractivity contribution in [3.05, 3.63) is 0 Å². The Morgan fingerprint density at radius 2 is 2.57 bits per heavy atom. The topological polar surface area (TPSA) is 38.3 Å². The quantitative estimate of drug-likeness (QED) is 0.475. The molecule has 3 heteroatoms. The fraction of sp³-hybridized carbons (Fsp3) is 0.750. The van der Waals surface area contributed by atoms with Gasteiger partial charge in [-0.15, -0.1) is 0 Å². The summed E-state index contributed by atoms with van der Waals surface area (Å²) in [6.07, 6.45) is 0.969. The lowest BCUT2D eigenvalue weighted by atomic mass is 10.2. The van der Waals surface area contributed by atoms with Crippen molar-refractivity contribution in [2.45, 2.75) is 12.6 Å². The van der Waals surface area contributed by atoms with E-state index in [1.54, 1.807) is 0 Å². The fourth-order valence-electron chi connectivity index (χ4n) is 0.445. The zero-order valence-corrected chi connectivity index (χ0v) is 3.89. The van der Waals surface area contributed by atoms with Crippen molar-refractivity contribution >= 4 is 6.47 Å². The maximum Gasteiger partial charge on any atom is 0.294 e. The Kier molecular flexibility index (Phi) is 1.26. The van der Waals surface area contributed by atoms with Crippen molar-refractivity contribution in [1.29, 1.82) is 0 Å². The van der Waals surface area contributed by atoms with E-state index in [0.29, 0.717) is 6.47 Å². The lowest BCUT2D eigenvalue weighted by Crippen LogP contribution is -2.44. The summed E-state index contributed by atoms with van der Waals surface area (Å²) in [7, 11) is 0. The van der Waals surface area contributed by atoms with Crippen molar-refractivity contribution in [3.63, 3.8) is 0 Å². The lowest BCUT2D eigenvalue weighted by Gasteiger charge is -2.24. The standard InChI is InChI=1S/C4H7NO2/c6-3-7-4-1-2-5-4/h3-5H,1-2H2. The minimum atomic E-state index is 0.0116. The third kappa shape index (κ3) is 0.899. The Balaban J connectivity index is 2.03. The van der Waals surface area contributed by atoms with Crippen LogP contribution < -0.4 is 5.32 Å². The molecule has 1 unspecified atom stereocenters. The number of hydrogen-bond acceptors (Lipinski definition) is 3. The van der Waals surface area contributed by atoms with Gasteiger partial charge in [0.25, 0.3) is 6.47 Å². The van der Waals surface area contributed by atoms with Crippen molar-refractivity contribution < 1.29 is 9.53 Å². The summed E-state index contributed by atoms with van der Waals surface area (Å²) in [4.78, 5) is 9.55. The molecule has 0 saturated carbocycles. The molecule has 0 aromatic carbocycles. The number of hydrogen-bond donors (Lipinski definition) is 1. The van der Waals surface area contributed by atoms with Crippen LogP contribution in [0.3, 0.4) is 0 Å². The van der Waals surface area contributed by atoms with Gasteiger partial charge in [-0.2, -0.15) is 0 Å². The minimum absolute atomic E-state index is 0.0116. The second kappa shape index (κ2) is 1.93. The average Bonchev–Trinajstić information content (AvgIpc) is 1.55. The predicted octanol–water partition coefficient (Wildman–Crippen LogP) is -0.521. The lowest BCUT2D eigenvalue weighted by molar-refractivity contribution is -0.138. The van der Waals surface area contributed by atoms with Crippen molar-refractivity contribution in [3.8, 4) is 0 Å². The summed E-state index contributed by atoms with van der Waals surface area (Å²) >= 11 is 0. The molecule has 1 atom stereocenters. The third-order valence-corrected chi connectivity index (χ3v) is 0.998. The van der Waals surface area contributed by atoms with Gasteiger partial charge in [0, 0.05) is 13.0 Å². The van der Waals surface area contributed by atoms with E-state index in [1.807, 2.05) is 0 Å². The Hall–Kier alpha value is -0.570. The van der Waals surface area contributed by atoms with Gasteiger partial charge >= 0.3 is 0 Å². The Morgan fingerprint density at radius 3 is 2.71 bits per heavy atom. The maximum absolute atomic E-state index is 9.55. The molecule has 1 fully saturated rings. The molecule has 0 bridgehead atoms. The first-order valence-corrected chi connectivity index (χ1v) is 2.26. The summed E-state index contributed by atoms with van der Waals surface area (Å²) in [6.45, 7) is 1.44. The number of rotatable bonds is 2. The highest BCUT2D eigenvalue weighted by molar-refractivity contribution is 5.37. The molecule has 1 saturated heterocycles. The molecule has 1 N–H and O–H groups in total. The zero-order valence-electron chi connectivity index (χ0n) is 3.89. The highest BCUT2D eigenvalue weighted by Gasteiger charge is 2.15. The van der Waals surface area contributed by atoms with E-state index < -0.39 is 0 Å². The van der Waals surface area contributed by atoms with Gasteiger partial charge in [0.05, 0.1) is 0 Å². The number of ether oxygens (including phenoxy) is 1. The molecular formula is C4H7NO2. The zero-order chi connectivity index (χ0) is 5.11. The highest BCUT2D eigenvalue weighted by atomic mass is 16.5. The molecule has 7 heavy (non-hydrogen) atoms. The molecular weight excluding hydrogens is 94.0 g/mol. The predicted molar refractivity (Wildman–Crippen MR) is 23.6 cm³/mol. The van der Waals surface area contributed by atoms with Gasteiger partial charge in [0.1, 0.15) is 0 Å². The number of carbonyl (C=O) groups excluding carboxylic acids is 1. The van der Waals surface area contributed by atoms with Gasteiger partial charge in [-0.25, -0.2) is 0 Å². The maximum atomic E-state index is 9.55. The first kappa shape index (κ1) is 4.59. The molecule has 1 aliphatic rings. The van der Waals surface area contributed by atoms with Crippen LogP contribution >= 0.6 is 0 Å². The molecule has 0 aromatic rings. The van der Waals surface area contributed by atoms with Gasteiger partial charge in [0.2, 0.25) is 0 Å². The average molecular weight is 101 g/mol. The van der Waals surface area contributed by atoms with Crippen molar-refractivity contribution in [2.75, 3.05) is 6.54 Å². The van der Waals surface area contributed by atoms with Crippen molar-refractivity contribution in [1.82, 2.24) is 5.32 Å². The van der Waals surface area contributed by atoms with E-state index in [0.717, 1.165) is 13.0 Å². The second-order valence-electron chi connectivity index (χ2n) is 1.46. The van der Waals surface area contributed by atoms with Gasteiger partial charge in [0.15, 0.2) is 6.23 Å². The van der Waals surface area contributed by atoms with Crippen LogP contribution in [-0.4, -0.2) is 19.2 Å². The van der Waals surface area contributed by atoms with Crippen LogP contribution in [0.25, 0.3) is 0 Å². The molecule has 0 radical (unpaired) electrons.